The van der Waals surface area contributed by atoms with Crippen LogP contribution in [0.25, 0.3) is 0 Å². The van der Waals surface area contributed by atoms with Crippen LogP contribution in [0.4, 0.5) is 0 Å². The van der Waals surface area contributed by atoms with Gasteiger partial charge in [-0.3, -0.25) is 0 Å². The van der Waals surface area contributed by atoms with E-state index < -0.39 is 0 Å². The van der Waals surface area contributed by atoms with Gasteiger partial charge in [0.1, 0.15) is 0 Å². The maximum atomic E-state index is 5.51. The highest BCUT2D eigenvalue weighted by molar-refractivity contribution is 4.92. The third-order valence-electron chi connectivity index (χ3n) is 3.97. The molecule has 0 aromatic rings. The summed E-state index contributed by atoms with van der Waals surface area (Å²) < 4.78 is 5.51. The van der Waals surface area contributed by atoms with E-state index in [9.17, 15) is 0 Å². The Morgan fingerprint density at radius 1 is 1.31 bits per heavy atom. The van der Waals surface area contributed by atoms with E-state index >= 15 is 0 Å². The van der Waals surface area contributed by atoms with Crippen LogP contribution in [0.3, 0.4) is 0 Å². The van der Waals surface area contributed by atoms with Crippen LogP contribution in [0, 0.1) is 11.3 Å². The first kappa shape index (κ1) is 11.0. The molecule has 2 atom stereocenters. The summed E-state index contributed by atoms with van der Waals surface area (Å²) in [7, 11) is 1.83. The second-order valence-electron chi connectivity index (χ2n) is 4.40. The second kappa shape index (κ2) is 4.43. The molecule has 0 aliphatic carbocycles. The molecule has 2 unspecified atom stereocenters. The maximum Gasteiger partial charge on any atom is 0.0741 e. The Morgan fingerprint density at radius 2 is 1.92 bits per heavy atom. The normalized spacial score (nSPS) is 29.5. The Labute approximate surface area is 82.0 Å². The molecule has 2 heteroatoms. The van der Waals surface area contributed by atoms with Crippen molar-refractivity contribution in [3.05, 3.63) is 0 Å². The van der Waals surface area contributed by atoms with E-state index in [1.807, 2.05) is 7.11 Å². The van der Waals surface area contributed by atoms with Crippen molar-refractivity contribution >= 4 is 0 Å². The molecule has 1 fully saturated rings. The van der Waals surface area contributed by atoms with Gasteiger partial charge in [-0.05, 0) is 5.41 Å². The highest BCUT2D eigenvalue weighted by Gasteiger charge is 2.39. The summed E-state index contributed by atoms with van der Waals surface area (Å²) in [6.07, 6.45) is 2.91. The van der Waals surface area contributed by atoms with Gasteiger partial charge in [0.15, 0.2) is 0 Å². The fourth-order valence-electron chi connectivity index (χ4n) is 2.37. The average molecular weight is 185 g/mol. The first-order valence-electron chi connectivity index (χ1n) is 5.41. The lowest BCUT2D eigenvalue weighted by atomic mass is 9.71. The second-order valence-corrected chi connectivity index (χ2v) is 4.40. The number of ether oxygens (including phenoxy) is 1. The number of hydrogen-bond acceptors (Lipinski definition) is 2. The summed E-state index contributed by atoms with van der Waals surface area (Å²) in [5.74, 6) is 0.687. The molecule has 1 rings (SSSR count). The molecule has 1 aliphatic heterocycles. The minimum absolute atomic E-state index is 0.421. The highest BCUT2D eigenvalue weighted by atomic mass is 16.5. The third-order valence-corrected chi connectivity index (χ3v) is 3.97. The van der Waals surface area contributed by atoms with Crippen LogP contribution in [-0.4, -0.2) is 26.3 Å². The van der Waals surface area contributed by atoms with E-state index in [0.717, 1.165) is 13.1 Å². The number of hydrogen-bond donors (Lipinski definition) is 1. The molecule has 13 heavy (non-hydrogen) atoms. The Kier molecular flexibility index (Phi) is 3.74. The van der Waals surface area contributed by atoms with Crippen molar-refractivity contribution in [1.82, 2.24) is 5.32 Å². The Hall–Kier alpha value is -0.0800. The van der Waals surface area contributed by atoms with Crippen molar-refractivity contribution < 1.29 is 4.74 Å². The topological polar surface area (TPSA) is 21.3 Å². The van der Waals surface area contributed by atoms with Crippen LogP contribution in [0.15, 0.2) is 0 Å². The summed E-state index contributed by atoms with van der Waals surface area (Å²) in [6.45, 7) is 9.10. The monoisotopic (exact) mass is 185 g/mol. The van der Waals surface area contributed by atoms with Crippen LogP contribution < -0.4 is 5.32 Å². The fourth-order valence-corrected chi connectivity index (χ4v) is 2.37. The molecule has 0 aromatic heterocycles. The highest BCUT2D eigenvalue weighted by Crippen LogP contribution is 2.38. The van der Waals surface area contributed by atoms with Gasteiger partial charge in [-0.25, -0.2) is 0 Å². The third kappa shape index (κ3) is 2.05. The molecule has 1 N–H and O–H groups in total. The SMILES string of the molecule is CCC(C)(CC)C1CNCC1OC. The zero-order chi connectivity index (χ0) is 9.90. The van der Waals surface area contributed by atoms with E-state index in [4.69, 9.17) is 4.74 Å². The van der Waals surface area contributed by atoms with E-state index in [2.05, 4.69) is 26.1 Å². The van der Waals surface area contributed by atoms with Gasteiger partial charge in [0.2, 0.25) is 0 Å². The van der Waals surface area contributed by atoms with E-state index in [0.29, 0.717) is 17.4 Å². The molecule has 0 bridgehead atoms. The van der Waals surface area contributed by atoms with Gasteiger partial charge >= 0.3 is 0 Å². The van der Waals surface area contributed by atoms with E-state index in [1.54, 1.807) is 0 Å². The van der Waals surface area contributed by atoms with Crippen LogP contribution in [0.5, 0.6) is 0 Å². The van der Waals surface area contributed by atoms with Crippen molar-refractivity contribution in [2.75, 3.05) is 20.2 Å². The van der Waals surface area contributed by atoms with Gasteiger partial charge in [0.25, 0.3) is 0 Å². The Morgan fingerprint density at radius 3 is 2.38 bits per heavy atom. The minimum atomic E-state index is 0.421. The quantitative estimate of drug-likeness (QED) is 0.723. The smallest absolute Gasteiger partial charge is 0.0741 e. The predicted octanol–water partition coefficient (Wildman–Crippen LogP) is 2.05. The van der Waals surface area contributed by atoms with Gasteiger partial charge in [-0.2, -0.15) is 0 Å². The molecule has 0 amide bonds. The Balaban J connectivity index is 2.67. The van der Waals surface area contributed by atoms with Crippen molar-refractivity contribution in [3.63, 3.8) is 0 Å². The predicted molar refractivity (Wildman–Crippen MR) is 55.8 cm³/mol. The molecular weight excluding hydrogens is 162 g/mol. The lowest BCUT2D eigenvalue weighted by Crippen LogP contribution is -2.35. The molecule has 0 aromatic carbocycles. The molecule has 1 saturated heterocycles. The Bertz CT molecular complexity index is 154. The standard InChI is InChI=1S/C11H23NO/c1-5-11(3,6-2)9-7-12-8-10(9)13-4/h9-10,12H,5-8H2,1-4H3. The van der Waals surface area contributed by atoms with E-state index in [1.165, 1.54) is 12.8 Å². The number of rotatable bonds is 4. The summed E-state index contributed by atoms with van der Waals surface area (Å²) in [6, 6.07) is 0. The van der Waals surface area contributed by atoms with Crippen LogP contribution in [-0.2, 0) is 4.74 Å². The number of nitrogens with one attached hydrogen (secondary N) is 1. The van der Waals surface area contributed by atoms with Crippen molar-refractivity contribution in [2.45, 2.75) is 39.7 Å². The number of methoxy groups -OCH3 is 1. The van der Waals surface area contributed by atoms with Gasteiger partial charge in [0.05, 0.1) is 6.10 Å². The average Bonchev–Trinajstić information content (AvgIpc) is 2.65. The van der Waals surface area contributed by atoms with Crippen molar-refractivity contribution in [1.29, 1.82) is 0 Å². The molecular formula is C11H23NO. The lowest BCUT2D eigenvalue weighted by molar-refractivity contribution is 0.0211. The van der Waals surface area contributed by atoms with Gasteiger partial charge < -0.3 is 10.1 Å². The van der Waals surface area contributed by atoms with Gasteiger partial charge in [0, 0.05) is 26.1 Å². The zero-order valence-electron chi connectivity index (χ0n) is 9.39. The van der Waals surface area contributed by atoms with Gasteiger partial charge in [-0.15, -0.1) is 0 Å². The molecule has 0 radical (unpaired) electrons. The molecule has 78 valence electrons. The zero-order valence-corrected chi connectivity index (χ0v) is 9.39. The first-order valence-corrected chi connectivity index (χ1v) is 5.41. The first-order chi connectivity index (χ1) is 6.18. The largest absolute Gasteiger partial charge is 0.380 e. The minimum Gasteiger partial charge on any atom is -0.380 e. The summed E-state index contributed by atoms with van der Waals surface area (Å²) in [5, 5.41) is 3.42. The van der Waals surface area contributed by atoms with Crippen molar-refractivity contribution in [2.24, 2.45) is 11.3 Å². The molecule has 2 nitrogen and oxygen atoms in total. The molecule has 0 saturated carbocycles. The molecule has 1 heterocycles. The molecule has 0 spiro atoms. The summed E-state index contributed by atoms with van der Waals surface area (Å²) in [5.41, 5.74) is 0.449. The van der Waals surface area contributed by atoms with Crippen molar-refractivity contribution in [3.8, 4) is 0 Å². The fraction of sp³-hybridized carbons (Fsp3) is 1.00. The summed E-state index contributed by atoms with van der Waals surface area (Å²) >= 11 is 0. The van der Waals surface area contributed by atoms with Crippen LogP contribution in [0.2, 0.25) is 0 Å². The van der Waals surface area contributed by atoms with E-state index in [-0.39, 0.29) is 0 Å². The van der Waals surface area contributed by atoms with Gasteiger partial charge in [-0.1, -0.05) is 33.6 Å². The molecule has 1 aliphatic rings. The maximum absolute atomic E-state index is 5.51. The summed E-state index contributed by atoms with van der Waals surface area (Å²) in [4.78, 5) is 0. The van der Waals surface area contributed by atoms with Crippen LogP contribution >= 0.6 is 0 Å². The van der Waals surface area contributed by atoms with Crippen LogP contribution in [0.1, 0.15) is 33.6 Å². The lowest BCUT2D eigenvalue weighted by Gasteiger charge is -2.36.